The van der Waals surface area contributed by atoms with Gasteiger partial charge < -0.3 is 15.2 Å². The summed E-state index contributed by atoms with van der Waals surface area (Å²) in [5.74, 6) is -12.0. The van der Waals surface area contributed by atoms with Crippen LogP contribution in [0.4, 0.5) is 32.0 Å². The van der Waals surface area contributed by atoms with Gasteiger partial charge in [-0.25, -0.2) is 0 Å². The molecule has 0 aliphatic carbocycles. The zero-order chi connectivity index (χ0) is 20.3. The van der Waals surface area contributed by atoms with E-state index in [9.17, 15) is 31.1 Å². The molecule has 1 unspecified atom stereocenters. The number of carbonyl (C=O) groups is 1. The van der Waals surface area contributed by atoms with Crippen molar-refractivity contribution in [2.45, 2.75) is 44.6 Å². The highest BCUT2D eigenvalue weighted by Crippen LogP contribution is 2.49. The molecule has 26 heavy (non-hydrogen) atoms. The summed E-state index contributed by atoms with van der Waals surface area (Å²) < 4.78 is 83.5. The number of hydrogen-bond acceptors (Lipinski definition) is 4. The first-order chi connectivity index (χ1) is 11.8. The Kier molecular flexibility index (Phi) is 6.56. The molecule has 1 aromatic rings. The first-order valence-corrected chi connectivity index (χ1v) is 7.65. The third-order valence-electron chi connectivity index (χ3n) is 3.56. The smallest absolute Gasteiger partial charge is 0.455 e. The van der Waals surface area contributed by atoms with Gasteiger partial charge in [-0.3, -0.25) is 4.79 Å². The van der Waals surface area contributed by atoms with Crippen molar-refractivity contribution in [3.63, 3.8) is 0 Å². The lowest BCUT2D eigenvalue weighted by Gasteiger charge is -2.31. The van der Waals surface area contributed by atoms with Crippen molar-refractivity contribution < 1.29 is 41.0 Å². The van der Waals surface area contributed by atoms with Crippen LogP contribution >= 0.6 is 0 Å². The molecule has 0 aliphatic heterocycles. The second-order valence-electron chi connectivity index (χ2n) is 5.81. The second-order valence-corrected chi connectivity index (χ2v) is 5.81. The van der Waals surface area contributed by atoms with Crippen molar-refractivity contribution >= 4 is 11.7 Å². The molecule has 1 rings (SSSR count). The van der Waals surface area contributed by atoms with E-state index in [4.69, 9.17) is 9.84 Å². The minimum atomic E-state index is -6.19. The van der Waals surface area contributed by atoms with E-state index in [1.54, 1.807) is 20.8 Å². The van der Waals surface area contributed by atoms with Crippen LogP contribution in [0.3, 0.4) is 0 Å². The Bertz CT molecular complexity index is 643. The minimum absolute atomic E-state index is 0.115. The Balaban J connectivity index is 3.24. The quantitative estimate of drug-likeness (QED) is 0.547. The maximum Gasteiger partial charge on any atom is 0.455 e. The van der Waals surface area contributed by atoms with Crippen LogP contribution in [0.1, 0.15) is 37.8 Å². The Morgan fingerprint density at radius 1 is 1.19 bits per heavy atom. The van der Waals surface area contributed by atoms with Gasteiger partial charge in [0.05, 0.1) is 6.61 Å². The van der Waals surface area contributed by atoms with Crippen LogP contribution in [0, 0.1) is 0 Å². The molecule has 4 nitrogen and oxygen atoms in total. The van der Waals surface area contributed by atoms with Crippen LogP contribution < -0.4 is 5.32 Å². The Labute approximate surface area is 146 Å². The molecule has 0 fully saturated rings. The summed E-state index contributed by atoms with van der Waals surface area (Å²) in [5.41, 5.74) is -1.03. The van der Waals surface area contributed by atoms with E-state index >= 15 is 0 Å². The molecule has 0 spiro atoms. The van der Waals surface area contributed by atoms with E-state index in [1.807, 2.05) is 0 Å². The van der Waals surface area contributed by atoms with Gasteiger partial charge in [-0.2, -0.15) is 26.3 Å². The number of halogens is 6. The molecule has 0 saturated carbocycles. The largest absolute Gasteiger partial charge is 0.465 e. The fourth-order valence-corrected chi connectivity index (χ4v) is 2.15. The lowest BCUT2D eigenvalue weighted by Crippen LogP contribution is -2.53. The molecule has 148 valence electrons. The number of esters is 1. The average Bonchev–Trinajstić information content (AvgIpc) is 2.51. The summed E-state index contributed by atoms with van der Waals surface area (Å²) in [6, 6.07) is 2.20. The monoisotopic (exact) mass is 387 g/mol. The summed E-state index contributed by atoms with van der Waals surface area (Å²) in [5, 5.41) is 11.4. The average molecular weight is 387 g/mol. The molecule has 0 aromatic heterocycles. The van der Waals surface area contributed by atoms with E-state index in [2.05, 4.69) is 5.32 Å². The molecule has 0 heterocycles. The summed E-state index contributed by atoms with van der Waals surface area (Å²) in [6.45, 7) is 4.57. The molecule has 1 atom stereocenters. The fourth-order valence-electron chi connectivity index (χ4n) is 2.15. The molecule has 0 radical (unpaired) electrons. The summed E-state index contributed by atoms with van der Waals surface area (Å²) >= 11 is 0. The zero-order valence-electron chi connectivity index (χ0n) is 14.3. The number of alkyl halides is 6. The van der Waals surface area contributed by atoms with Gasteiger partial charge in [-0.1, -0.05) is 19.9 Å². The predicted molar refractivity (Wildman–Crippen MR) is 81.7 cm³/mol. The first kappa shape index (κ1) is 22.1. The van der Waals surface area contributed by atoms with Crippen molar-refractivity contribution in [3.8, 4) is 0 Å². The summed E-state index contributed by atoms with van der Waals surface area (Å²) in [7, 11) is 0. The van der Waals surface area contributed by atoms with E-state index in [1.165, 1.54) is 0 Å². The van der Waals surface area contributed by atoms with Gasteiger partial charge in [-0.15, -0.1) is 0 Å². The normalized spacial score (nSPS) is 14.9. The molecule has 0 amide bonds. The fraction of sp³-hybridized carbons (Fsp3) is 0.562. The Hall–Kier alpha value is -1.97. The van der Waals surface area contributed by atoms with Gasteiger partial charge >= 0.3 is 23.9 Å². The van der Waals surface area contributed by atoms with Crippen molar-refractivity contribution in [1.29, 1.82) is 0 Å². The second kappa shape index (κ2) is 7.73. The van der Waals surface area contributed by atoms with Crippen molar-refractivity contribution in [3.05, 3.63) is 29.3 Å². The Morgan fingerprint density at radius 2 is 1.77 bits per heavy atom. The van der Waals surface area contributed by atoms with Crippen LogP contribution in [0.25, 0.3) is 0 Å². The molecular weight excluding hydrogens is 368 g/mol. The topological polar surface area (TPSA) is 58.6 Å². The van der Waals surface area contributed by atoms with E-state index in [-0.39, 0.29) is 24.4 Å². The van der Waals surface area contributed by atoms with Crippen LogP contribution in [0.2, 0.25) is 0 Å². The molecule has 0 bridgehead atoms. The zero-order valence-corrected chi connectivity index (χ0v) is 14.3. The SMILES string of the molecule is CCOC(=O)CNc1ccc(C(F)(F)C(O)(F)C(F)(F)F)cc1C(C)C. The molecule has 2 N–H and O–H groups in total. The maximum absolute atomic E-state index is 14.0. The van der Waals surface area contributed by atoms with Gasteiger partial charge in [0.15, 0.2) is 0 Å². The van der Waals surface area contributed by atoms with Gasteiger partial charge in [0.2, 0.25) is 0 Å². The molecule has 1 aromatic carbocycles. The van der Waals surface area contributed by atoms with Crippen LogP contribution in [0.15, 0.2) is 18.2 Å². The van der Waals surface area contributed by atoms with Crippen LogP contribution in [0.5, 0.6) is 0 Å². The van der Waals surface area contributed by atoms with Gasteiger partial charge in [0.1, 0.15) is 6.54 Å². The number of aliphatic hydroxyl groups is 1. The maximum atomic E-state index is 14.0. The number of ether oxygens (including phenoxy) is 1. The van der Waals surface area contributed by atoms with Gasteiger partial charge in [0, 0.05) is 11.3 Å². The van der Waals surface area contributed by atoms with Crippen molar-refractivity contribution in [2.75, 3.05) is 18.5 Å². The minimum Gasteiger partial charge on any atom is -0.465 e. The lowest BCUT2D eigenvalue weighted by molar-refractivity contribution is -0.390. The molecule has 10 heteroatoms. The lowest BCUT2D eigenvalue weighted by atomic mass is 9.93. The van der Waals surface area contributed by atoms with Crippen LogP contribution in [-0.4, -0.2) is 36.3 Å². The number of rotatable bonds is 7. The molecular formula is C16H19F6NO3. The first-order valence-electron chi connectivity index (χ1n) is 7.65. The summed E-state index contributed by atoms with van der Waals surface area (Å²) in [6.07, 6.45) is -6.19. The standard InChI is InChI=1S/C16H19F6NO3/c1-4-26-13(24)8-23-12-6-5-10(7-11(12)9(2)3)14(17,18)15(19,25)16(20,21)22/h5-7,9,23,25H,4,8H2,1-3H3. The molecule has 0 saturated heterocycles. The van der Waals surface area contributed by atoms with E-state index in [0.717, 1.165) is 6.07 Å². The highest BCUT2D eigenvalue weighted by molar-refractivity contribution is 5.75. The number of carbonyl (C=O) groups excluding carboxylic acids is 1. The number of anilines is 1. The third kappa shape index (κ3) is 4.40. The highest BCUT2D eigenvalue weighted by Gasteiger charge is 2.71. The van der Waals surface area contributed by atoms with Crippen molar-refractivity contribution in [1.82, 2.24) is 0 Å². The van der Waals surface area contributed by atoms with Gasteiger partial charge in [0.25, 0.3) is 0 Å². The van der Waals surface area contributed by atoms with Gasteiger partial charge in [-0.05, 0) is 30.5 Å². The number of hydrogen-bond donors (Lipinski definition) is 2. The van der Waals surface area contributed by atoms with E-state index < -0.39 is 35.4 Å². The van der Waals surface area contributed by atoms with Crippen LogP contribution in [-0.2, 0) is 15.5 Å². The number of benzene rings is 1. The highest BCUT2D eigenvalue weighted by atomic mass is 19.4. The molecule has 0 aliphatic rings. The third-order valence-corrected chi connectivity index (χ3v) is 3.56. The summed E-state index contributed by atoms with van der Waals surface area (Å²) in [4.78, 5) is 11.4. The Morgan fingerprint density at radius 3 is 2.23 bits per heavy atom. The van der Waals surface area contributed by atoms with Crippen molar-refractivity contribution in [2.24, 2.45) is 0 Å². The van der Waals surface area contributed by atoms with E-state index in [0.29, 0.717) is 12.1 Å². The predicted octanol–water partition coefficient (Wildman–Crippen LogP) is 4.10. The number of nitrogens with one attached hydrogen (secondary N) is 1.